The quantitative estimate of drug-likeness (QED) is 0.177. The average Bonchev–Trinajstić information content (AvgIpc) is 3.42. The van der Waals surface area contributed by atoms with Crippen LogP contribution in [-0.4, -0.2) is 19.4 Å². The topological polar surface area (TPSA) is 4.93 Å². The van der Waals surface area contributed by atoms with Gasteiger partial charge in [0.2, 0.25) is 6.71 Å². The fraction of sp³-hybridized carbons (Fsp3) is 0.273. The van der Waals surface area contributed by atoms with Crippen molar-refractivity contribution in [3.8, 4) is 5.69 Å². The summed E-state index contributed by atoms with van der Waals surface area (Å²) in [6, 6.07) is 42.6. The van der Waals surface area contributed by atoms with Crippen molar-refractivity contribution in [2.24, 2.45) is 0 Å². The molecule has 0 spiro atoms. The number of nitrogens with zero attached hydrogens (tertiary/aromatic N) is 1. The fourth-order valence-electron chi connectivity index (χ4n) is 9.82. The minimum Gasteiger partial charge on any atom is -0.313 e. The van der Waals surface area contributed by atoms with Crippen LogP contribution in [0, 0.1) is 0 Å². The van der Waals surface area contributed by atoms with E-state index in [9.17, 15) is 0 Å². The van der Waals surface area contributed by atoms with Gasteiger partial charge in [-0.3, -0.25) is 0 Å². The molecule has 9 rings (SSSR count). The summed E-state index contributed by atoms with van der Waals surface area (Å²) < 4.78 is 2.69. The van der Waals surface area contributed by atoms with Gasteiger partial charge in [0, 0.05) is 27.6 Å². The van der Waals surface area contributed by atoms with Crippen molar-refractivity contribution in [2.45, 2.75) is 76.9 Å². The van der Waals surface area contributed by atoms with Crippen molar-refractivity contribution in [1.29, 1.82) is 0 Å². The number of aryl methyl sites for hydroxylation is 1. The molecule has 1 unspecified atom stereocenters. The smallest absolute Gasteiger partial charge is 0.242 e. The lowest BCUT2D eigenvalue weighted by atomic mass is 9.27. The minimum atomic E-state index is -1.56. The highest BCUT2D eigenvalue weighted by molar-refractivity contribution is 6.98. The maximum atomic E-state index is 2.69. The lowest BCUT2D eigenvalue weighted by Crippen LogP contribution is -2.67. The van der Waals surface area contributed by atoms with E-state index in [4.69, 9.17) is 0 Å². The highest BCUT2D eigenvalue weighted by Gasteiger charge is 2.51. The number of hydrogen-bond acceptors (Lipinski definition) is 0. The number of aromatic nitrogens is 1. The summed E-state index contributed by atoms with van der Waals surface area (Å²) in [5.74, 6) is 0. The molecule has 1 aromatic heterocycles. The highest BCUT2D eigenvalue weighted by atomic mass is 28.3. The third-order valence-corrected chi connectivity index (χ3v) is 14.2. The lowest BCUT2D eigenvalue weighted by Gasteiger charge is -2.49. The molecular formula is C44H44BNSi. The molecule has 3 heterocycles. The fourth-order valence-corrected chi connectivity index (χ4v) is 11.0. The molecule has 0 fully saturated rings. The van der Waals surface area contributed by atoms with Gasteiger partial charge in [0.15, 0.2) is 0 Å². The Morgan fingerprint density at radius 2 is 1.36 bits per heavy atom. The first-order valence-electron chi connectivity index (χ1n) is 17.7. The Bertz CT molecular complexity index is 2230. The van der Waals surface area contributed by atoms with Crippen LogP contribution in [-0.2, 0) is 23.7 Å². The zero-order valence-electron chi connectivity index (χ0n) is 28.7. The van der Waals surface area contributed by atoms with Crippen molar-refractivity contribution < 1.29 is 0 Å². The van der Waals surface area contributed by atoms with Crippen LogP contribution in [0.25, 0.3) is 16.6 Å². The van der Waals surface area contributed by atoms with Crippen LogP contribution < -0.4 is 21.6 Å². The summed E-state index contributed by atoms with van der Waals surface area (Å²) in [6.45, 7) is 15.1. The Morgan fingerprint density at radius 1 is 0.660 bits per heavy atom. The van der Waals surface area contributed by atoms with Gasteiger partial charge in [-0.15, -0.1) is 0 Å². The molecule has 1 aliphatic carbocycles. The zero-order chi connectivity index (χ0) is 32.3. The summed E-state index contributed by atoms with van der Waals surface area (Å²) in [6.07, 6.45) is 4.86. The molecule has 6 aromatic rings. The number of benzene rings is 5. The van der Waals surface area contributed by atoms with Crippen LogP contribution in [0.15, 0.2) is 109 Å². The number of fused-ring (bicyclic) bond motifs is 7. The molecule has 47 heavy (non-hydrogen) atoms. The van der Waals surface area contributed by atoms with E-state index in [0.717, 1.165) is 6.42 Å². The van der Waals surface area contributed by atoms with Crippen LogP contribution >= 0.6 is 0 Å². The van der Waals surface area contributed by atoms with Crippen molar-refractivity contribution in [2.75, 3.05) is 0 Å². The Kier molecular flexibility index (Phi) is 6.17. The predicted octanol–water partition coefficient (Wildman–Crippen LogP) is 7.88. The summed E-state index contributed by atoms with van der Waals surface area (Å²) >= 11 is 0. The van der Waals surface area contributed by atoms with Gasteiger partial charge in [-0.05, 0) is 78.1 Å². The molecule has 0 N–H and O–H groups in total. The second-order valence-electron chi connectivity index (χ2n) is 16.1. The van der Waals surface area contributed by atoms with Gasteiger partial charge in [-0.1, -0.05) is 152 Å². The maximum absolute atomic E-state index is 2.69. The van der Waals surface area contributed by atoms with E-state index in [2.05, 4.69) is 154 Å². The van der Waals surface area contributed by atoms with Crippen molar-refractivity contribution in [3.63, 3.8) is 0 Å². The molecule has 1 nitrogen and oxygen atoms in total. The summed E-state index contributed by atoms with van der Waals surface area (Å²) in [7, 11) is -1.56. The molecule has 5 aromatic carbocycles. The van der Waals surface area contributed by atoms with E-state index in [-0.39, 0.29) is 17.5 Å². The van der Waals surface area contributed by atoms with E-state index in [1.807, 2.05) is 0 Å². The van der Waals surface area contributed by atoms with Gasteiger partial charge < -0.3 is 4.57 Å². The van der Waals surface area contributed by atoms with Crippen LogP contribution in [0.5, 0.6) is 0 Å². The molecule has 3 heteroatoms. The molecule has 0 radical (unpaired) electrons. The van der Waals surface area contributed by atoms with Crippen LogP contribution in [0.4, 0.5) is 0 Å². The Morgan fingerprint density at radius 3 is 2.17 bits per heavy atom. The van der Waals surface area contributed by atoms with Gasteiger partial charge in [0.05, 0.1) is 13.6 Å². The predicted molar refractivity (Wildman–Crippen MR) is 205 cm³/mol. The Balaban J connectivity index is 1.45. The number of rotatable bonds is 3. The van der Waals surface area contributed by atoms with Crippen molar-refractivity contribution >= 4 is 47.3 Å². The van der Waals surface area contributed by atoms with E-state index < -0.39 is 8.07 Å². The first-order chi connectivity index (χ1) is 22.6. The molecule has 232 valence electrons. The average molecular weight is 626 g/mol. The SMILES string of the molecule is CC1(C)c2ccccc2B2c3ccc([Si](C)(C)C)cc3C(C)(c3ccccc3)c3ccc(-n4c5c(c6ccccc64)CCCC5)c1c32. The highest BCUT2D eigenvalue weighted by Crippen LogP contribution is 2.47. The minimum absolute atomic E-state index is 0.173. The van der Waals surface area contributed by atoms with Gasteiger partial charge >= 0.3 is 0 Å². The first-order valence-corrected chi connectivity index (χ1v) is 21.2. The summed E-state index contributed by atoms with van der Waals surface area (Å²) in [5, 5.41) is 2.98. The molecule has 0 amide bonds. The molecule has 0 bridgehead atoms. The monoisotopic (exact) mass is 625 g/mol. The summed E-state index contributed by atoms with van der Waals surface area (Å²) in [4.78, 5) is 0. The largest absolute Gasteiger partial charge is 0.313 e. The third kappa shape index (κ3) is 3.90. The molecule has 1 atom stereocenters. The second kappa shape index (κ2) is 9.97. The van der Waals surface area contributed by atoms with Gasteiger partial charge in [0.25, 0.3) is 0 Å². The van der Waals surface area contributed by atoms with E-state index in [0.29, 0.717) is 0 Å². The molecule has 0 saturated heterocycles. The van der Waals surface area contributed by atoms with Crippen molar-refractivity contribution in [3.05, 3.63) is 148 Å². The second-order valence-corrected chi connectivity index (χ2v) is 21.2. The standard InChI is InChI=1S/C44H44BNSi/c1-43(2)33-20-12-13-21-36(33)45-37-26-24-30(47(4,5)6)28-35(37)44(3,29-16-8-7-9-17-29)34-25-27-40(41(43)42(34)45)46-38-22-14-10-18-31(38)32-19-11-15-23-39(32)46/h7-10,12-14,16-18,20-22,24-28H,11,15,19,23H2,1-6H3. The van der Waals surface area contributed by atoms with Crippen LogP contribution in [0.3, 0.4) is 0 Å². The van der Waals surface area contributed by atoms with Gasteiger partial charge in [0.1, 0.15) is 0 Å². The third-order valence-electron chi connectivity index (χ3n) is 12.2. The normalized spacial score (nSPS) is 19.1. The van der Waals surface area contributed by atoms with Crippen LogP contribution in [0.1, 0.15) is 72.7 Å². The molecular weight excluding hydrogens is 581 g/mol. The molecule has 2 aliphatic heterocycles. The van der Waals surface area contributed by atoms with E-state index in [1.54, 1.807) is 5.56 Å². The zero-order valence-corrected chi connectivity index (χ0v) is 29.7. The Hall–Kier alpha value is -4.08. The van der Waals surface area contributed by atoms with Crippen molar-refractivity contribution in [1.82, 2.24) is 4.57 Å². The van der Waals surface area contributed by atoms with E-state index in [1.165, 1.54) is 90.9 Å². The van der Waals surface area contributed by atoms with Gasteiger partial charge in [-0.2, -0.15) is 0 Å². The van der Waals surface area contributed by atoms with Gasteiger partial charge in [-0.25, -0.2) is 0 Å². The van der Waals surface area contributed by atoms with Crippen LogP contribution in [0.2, 0.25) is 19.6 Å². The molecule has 3 aliphatic rings. The maximum Gasteiger partial charge on any atom is 0.242 e. The Labute approximate surface area is 281 Å². The van der Waals surface area contributed by atoms with E-state index >= 15 is 0 Å². The number of hydrogen-bond donors (Lipinski definition) is 0. The molecule has 0 saturated carbocycles. The lowest BCUT2D eigenvalue weighted by molar-refractivity contribution is 0.625. The first kappa shape index (κ1) is 29.1. The number of para-hydroxylation sites is 1. The summed E-state index contributed by atoms with van der Waals surface area (Å²) in [5.41, 5.74) is 17.2.